The Balaban J connectivity index is 1.43. The zero-order chi connectivity index (χ0) is 18.8. The summed E-state index contributed by atoms with van der Waals surface area (Å²) >= 11 is 0. The number of benzene rings is 2. The van der Waals surface area contributed by atoms with E-state index in [0.717, 1.165) is 18.0 Å². The molecule has 1 fully saturated rings. The normalized spacial score (nSPS) is 17.7. The molecule has 4 rings (SSSR count). The summed E-state index contributed by atoms with van der Waals surface area (Å²) in [4.78, 5) is 16.4. The van der Waals surface area contributed by atoms with Gasteiger partial charge in [0.15, 0.2) is 0 Å². The third-order valence-corrected chi connectivity index (χ3v) is 6.21. The first-order valence-corrected chi connectivity index (χ1v) is 10.3. The maximum Gasteiger partial charge on any atom is 0.253 e. The van der Waals surface area contributed by atoms with Crippen molar-refractivity contribution in [3.05, 3.63) is 70.3 Å². The lowest BCUT2D eigenvalue weighted by atomic mass is 9.91. The second kappa shape index (κ2) is 7.85. The van der Waals surface area contributed by atoms with Crippen molar-refractivity contribution in [2.75, 3.05) is 27.2 Å². The molecular weight excluding hydrogens is 332 g/mol. The van der Waals surface area contributed by atoms with Crippen LogP contribution < -0.4 is 0 Å². The number of fused-ring (bicyclic) bond motifs is 1. The van der Waals surface area contributed by atoms with Gasteiger partial charge in [-0.1, -0.05) is 36.8 Å². The van der Waals surface area contributed by atoms with Crippen LogP contribution in [0.1, 0.15) is 51.9 Å². The highest BCUT2D eigenvalue weighted by Crippen LogP contribution is 2.28. The molecule has 0 saturated heterocycles. The highest BCUT2D eigenvalue weighted by molar-refractivity contribution is 5.93. The van der Waals surface area contributed by atoms with Crippen LogP contribution in [0.3, 0.4) is 0 Å². The van der Waals surface area contributed by atoms with Crippen LogP contribution in [-0.2, 0) is 19.3 Å². The van der Waals surface area contributed by atoms with Gasteiger partial charge in [0.05, 0.1) is 0 Å². The van der Waals surface area contributed by atoms with Gasteiger partial charge in [-0.2, -0.15) is 0 Å². The Hall–Kier alpha value is -2.13. The summed E-state index contributed by atoms with van der Waals surface area (Å²) < 4.78 is 0. The topological polar surface area (TPSA) is 23.6 Å². The first kappa shape index (κ1) is 18.2. The molecule has 1 aliphatic heterocycles. The summed E-state index contributed by atoms with van der Waals surface area (Å²) in [7, 11) is 3.58. The third-order valence-electron chi connectivity index (χ3n) is 6.21. The number of hydrogen-bond donors (Lipinski definition) is 0. The molecule has 1 saturated carbocycles. The summed E-state index contributed by atoms with van der Waals surface area (Å²) in [5, 5.41) is 0. The molecule has 0 radical (unpaired) electrons. The molecule has 1 amide bonds. The van der Waals surface area contributed by atoms with E-state index >= 15 is 0 Å². The second-order valence-corrected chi connectivity index (χ2v) is 8.30. The molecule has 1 aliphatic carbocycles. The average molecular weight is 363 g/mol. The zero-order valence-electron chi connectivity index (χ0n) is 16.6. The fourth-order valence-corrected chi connectivity index (χ4v) is 4.28. The highest BCUT2D eigenvalue weighted by Gasteiger charge is 2.26. The van der Waals surface area contributed by atoms with E-state index in [-0.39, 0.29) is 5.91 Å². The second-order valence-electron chi connectivity index (χ2n) is 8.30. The maximum absolute atomic E-state index is 12.0. The fraction of sp³-hybridized carbons (Fsp3) is 0.458. The number of rotatable bonds is 4. The monoisotopic (exact) mass is 362 g/mol. The van der Waals surface area contributed by atoms with Crippen molar-refractivity contribution in [1.82, 2.24) is 9.80 Å². The molecule has 1 heterocycles. The van der Waals surface area contributed by atoms with Crippen molar-refractivity contribution >= 4 is 5.91 Å². The van der Waals surface area contributed by atoms with E-state index < -0.39 is 0 Å². The summed E-state index contributed by atoms with van der Waals surface area (Å²) in [5.41, 5.74) is 6.45. The van der Waals surface area contributed by atoms with Crippen LogP contribution in [0.15, 0.2) is 42.5 Å². The number of carbonyl (C=O) groups is 1. The minimum atomic E-state index is 0.0580. The number of amides is 1. The van der Waals surface area contributed by atoms with Gasteiger partial charge in [-0.15, -0.1) is 0 Å². The van der Waals surface area contributed by atoms with Gasteiger partial charge in [0.25, 0.3) is 5.91 Å². The van der Waals surface area contributed by atoms with Crippen LogP contribution in [0, 0.1) is 0 Å². The molecule has 27 heavy (non-hydrogen) atoms. The molecule has 0 atom stereocenters. The Morgan fingerprint density at radius 3 is 2.26 bits per heavy atom. The first-order valence-electron chi connectivity index (χ1n) is 10.3. The van der Waals surface area contributed by atoms with Crippen LogP contribution in [-0.4, -0.2) is 48.9 Å². The predicted octanol–water partition coefficient (Wildman–Crippen LogP) is 3.93. The first-order chi connectivity index (χ1) is 13.1. The van der Waals surface area contributed by atoms with E-state index in [2.05, 4.69) is 35.2 Å². The number of hydrogen-bond acceptors (Lipinski definition) is 2. The molecule has 0 N–H and O–H groups in total. The Kier molecular flexibility index (Phi) is 5.31. The largest absolute Gasteiger partial charge is 0.345 e. The van der Waals surface area contributed by atoms with Gasteiger partial charge in [-0.05, 0) is 66.5 Å². The minimum Gasteiger partial charge on any atom is -0.345 e. The number of nitrogens with zero attached hydrogens (tertiary/aromatic N) is 2. The molecule has 3 heteroatoms. The van der Waals surface area contributed by atoms with Crippen molar-refractivity contribution in [3.8, 4) is 0 Å². The van der Waals surface area contributed by atoms with Crippen molar-refractivity contribution < 1.29 is 4.79 Å². The Morgan fingerprint density at radius 2 is 1.63 bits per heavy atom. The molecule has 0 unspecified atom stereocenters. The maximum atomic E-state index is 12.0. The minimum absolute atomic E-state index is 0.0580. The Bertz CT molecular complexity index is 806. The smallest absolute Gasteiger partial charge is 0.253 e. The van der Waals surface area contributed by atoms with E-state index in [0.29, 0.717) is 0 Å². The molecule has 0 bridgehead atoms. The molecule has 0 aromatic heterocycles. The van der Waals surface area contributed by atoms with Gasteiger partial charge in [-0.25, -0.2) is 0 Å². The molecular formula is C24H30N2O. The molecule has 2 aromatic rings. The van der Waals surface area contributed by atoms with Crippen molar-refractivity contribution in [1.29, 1.82) is 0 Å². The molecule has 2 aromatic carbocycles. The van der Waals surface area contributed by atoms with Crippen molar-refractivity contribution in [3.63, 3.8) is 0 Å². The van der Waals surface area contributed by atoms with E-state index in [4.69, 9.17) is 0 Å². The Labute approximate surface area is 163 Å². The van der Waals surface area contributed by atoms with E-state index in [9.17, 15) is 4.79 Å². The SMILES string of the molecule is CN(C)C(=O)c1ccc(Cc2ccc3c(c2)CCN(C2CCC2)CC3)cc1. The van der Waals surface area contributed by atoms with Gasteiger partial charge in [0.2, 0.25) is 0 Å². The zero-order valence-corrected chi connectivity index (χ0v) is 16.6. The fourth-order valence-electron chi connectivity index (χ4n) is 4.28. The van der Waals surface area contributed by atoms with Crippen molar-refractivity contribution in [2.45, 2.75) is 44.6 Å². The van der Waals surface area contributed by atoms with Gasteiger partial charge in [-0.3, -0.25) is 9.69 Å². The van der Waals surface area contributed by atoms with Crippen LogP contribution in [0.5, 0.6) is 0 Å². The van der Waals surface area contributed by atoms with E-state index in [1.54, 1.807) is 19.0 Å². The lowest BCUT2D eigenvalue weighted by Crippen LogP contribution is -2.41. The Morgan fingerprint density at radius 1 is 0.963 bits per heavy atom. The molecule has 0 spiro atoms. The van der Waals surface area contributed by atoms with Crippen LogP contribution in [0.4, 0.5) is 0 Å². The molecule has 3 nitrogen and oxygen atoms in total. The summed E-state index contributed by atoms with van der Waals surface area (Å²) in [6.07, 6.45) is 7.50. The lowest BCUT2D eigenvalue weighted by molar-refractivity contribution is 0.0827. The third kappa shape index (κ3) is 4.08. The van der Waals surface area contributed by atoms with E-state index in [1.165, 1.54) is 67.4 Å². The van der Waals surface area contributed by atoms with Crippen LogP contribution in [0.2, 0.25) is 0 Å². The van der Waals surface area contributed by atoms with Crippen molar-refractivity contribution in [2.24, 2.45) is 0 Å². The predicted molar refractivity (Wildman–Crippen MR) is 110 cm³/mol. The quantitative estimate of drug-likeness (QED) is 0.823. The summed E-state index contributed by atoms with van der Waals surface area (Å²) in [6, 6.07) is 16.0. The van der Waals surface area contributed by atoms with Crippen LogP contribution in [0.25, 0.3) is 0 Å². The van der Waals surface area contributed by atoms with Crippen LogP contribution >= 0.6 is 0 Å². The summed E-state index contributed by atoms with van der Waals surface area (Å²) in [5.74, 6) is 0.0580. The highest BCUT2D eigenvalue weighted by atomic mass is 16.2. The average Bonchev–Trinajstić information content (AvgIpc) is 2.83. The van der Waals surface area contributed by atoms with E-state index in [1.807, 2.05) is 12.1 Å². The van der Waals surface area contributed by atoms with Gasteiger partial charge < -0.3 is 4.90 Å². The van der Waals surface area contributed by atoms with Gasteiger partial charge in [0, 0.05) is 38.8 Å². The molecule has 142 valence electrons. The van der Waals surface area contributed by atoms with Gasteiger partial charge >= 0.3 is 0 Å². The standard InChI is InChI=1S/C24H30N2O/c1-25(2)24(27)21-10-6-18(7-11-21)16-19-8-9-20-12-14-26(23-4-3-5-23)15-13-22(20)17-19/h6-11,17,23H,3-5,12-16H2,1-2H3. The van der Waals surface area contributed by atoms with Gasteiger partial charge in [0.1, 0.15) is 0 Å². The summed E-state index contributed by atoms with van der Waals surface area (Å²) in [6.45, 7) is 2.43. The lowest BCUT2D eigenvalue weighted by Gasteiger charge is -2.36. The number of carbonyl (C=O) groups excluding carboxylic acids is 1. The molecule has 2 aliphatic rings.